The summed E-state index contributed by atoms with van der Waals surface area (Å²) in [4.78, 5) is 28.3. The topological polar surface area (TPSA) is 87.2 Å². The van der Waals surface area contributed by atoms with Crippen LogP contribution in [0.4, 0.5) is 0 Å². The lowest BCUT2D eigenvalue weighted by molar-refractivity contribution is -0.137. The Hall–Kier alpha value is -1.97. The fourth-order valence-corrected chi connectivity index (χ4v) is 5.12. The van der Waals surface area contributed by atoms with Crippen molar-refractivity contribution < 1.29 is 22.7 Å². The third kappa shape index (κ3) is 5.55. The van der Waals surface area contributed by atoms with Gasteiger partial charge in [0.15, 0.2) is 0 Å². The highest BCUT2D eigenvalue weighted by Gasteiger charge is 2.30. The minimum atomic E-state index is -3.54. The average Bonchev–Trinajstić information content (AvgIpc) is 3.25. The molecule has 0 spiro atoms. The van der Waals surface area contributed by atoms with E-state index >= 15 is 0 Å². The molecule has 1 aromatic rings. The van der Waals surface area contributed by atoms with Crippen LogP contribution >= 0.6 is 0 Å². The van der Waals surface area contributed by atoms with Gasteiger partial charge in [-0.2, -0.15) is 4.31 Å². The van der Waals surface area contributed by atoms with Crippen molar-refractivity contribution in [2.24, 2.45) is 0 Å². The van der Waals surface area contributed by atoms with Gasteiger partial charge in [-0.05, 0) is 25.0 Å². The molecule has 2 heterocycles. The number of benzene rings is 1. The van der Waals surface area contributed by atoms with Crippen LogP contribution in [-0.4, -0.2) is 86.8 Å². The van der Waals surface area contributed by atoms with Crippen LogP contribution in [0.25, 0.3) is 0 Å². The van der Waals surface area contributed by atoms with E-state index in [9.17, 15) is 18.0 Å². The highest BCUT2D eigenvalue weighted by molar-refractivity contribution is 7.89. The Morgan fingerprint density at radius 1 is 1.10 bits per heavy atom. The third-order valence-corrected chi connectivity index (χ3v) is 7.37. The maximum absolute atomic E-state index is 12.7. The first kappa shape index (κ1) is 21.7. The smallest absolute Gasteiger partial charge is 0.243 e. The van der Waals surface area contributed by atoms with Crippen molar-refractivity contribution in [1.29, 1.82) is 0 Å². The monoisotopic (exact) mass is 423 g/mol. The van der Waals surface area contributed by atoms with Crippen molar-refractivity contribution in [3.05, 3.63) is 30.3 Å². The van der Waals surface area contributed by atoms with Crippen molar-refractivity contribution in [3.63, 3.8) is 0 Å². The van der Waals surface area contributed by atoms with E-state index < -0.39 is 10.0 Å². The van der Waals surface area contributed by atoms with E-state index in [0.29, 0.717) is 19.6 Å². The summed E-state index contributed by atoms with van der Waals surface area (Å²) in [6.07, 6.45) is 2.38. The summed E-state index contributed by atoms with van der Waals surface area (Å²) in [5.41, 5.74) is 0. The molecule has 8 nitrogen and oxygen atoms in total. The molecule has 1 aromatic carbocycles. The summed E-state index contributed by atoms with van der Waals surface area (Å²) in [5, 5.41) is 0. The highest BCUT2D eigenvalue weighted by atomic mass is 32.2. The fourth-order valence-electron chi connectivity index (χ4n) is 3.68. The lowest BCUT2D eigenvalue weighted by Gasteiger charge is -2.34. The number of likely N-dealkylation sites (N-methyl/N-ethyl adjacent to an activating group) is 1. The molecule has 0 aliphatic carbocycles. The zero-order valence-electron chi connectivity index (χ0n) is 16.8. The van der Waals surface area contributed by atoms with Crippen LogP contribution in [0.3, 0.4) is 0 Å². The first-order chi connectivity index (χ1) is 13.9. The Bertz CT molecular complexity index is 801. The molecule has 3 rings (SSSR count). The molecular formula is C20H29N3O5S. The molecule has 1 atom stereocenters. The zero-order valence-corrected chi connectivity index (χ0v) is 17.6. The van der Waals surface area contributed by atoms with Crippen molar-refractivity contribution >= 4 is 21.8 Å². The predicted molar refractivity (Wildman–Crippen MR) is 108 cm³/mol. The number of amides is 2. The molecule has 2 fully saturated rings. The fraction of sp³-hybridized carbons (Fsp3) is 0.600. The standard InChI is InChI=1S/C20H29N3O5S/c1-21(16-17-6-5-15-28-17)19(24)9-10-20(25)22-11-13-23(14-12-22)29(26,27)18-7-3-2-4-8-18/h2-4,7-8,17H,5-6,9-16H2,1H3. The van der Waals surface area contributed by atoms with Crippen LogP contribution in [-0.2, 0) is 24.3 Å². The van der Waals surface area contributed by atoms with Crippen LogP contribution in [0, 0.1) is 0 Å². The predicted octanol–water partition coefficient (Wildman–Crippen LogP) is 0.937. The van der Waals surface area contributed by atoms with Crippen molar-refractivity contribution in [1.82, 2.24) is 14.1 Å². The van der Waals surface area contributed by atoms with Gasteiger partial charge in [0.2, 0.25) is 21.8 Å². The van der Waals surface area contributed by atoms with Gasteiger partial charge in [-0.1, -0.05) is 18.2 Å². The second-order valence-corrected chi connectivity index (χ2v) is 9.45. The molecule has 29 heavy (non-hydrogen) atoms. The number of rotatable bonds is 7. The molecular weight excluding hydrogens is 394 g/mol. The Morgan fingerprint density at radius 2 is 1.79 bits per heavy atom. The van der Waals surface area contributed by atoms with Gasteiger partial charge in [-0.25, -0.2) is 8.42 Å². The quantitative estimate of drug-likeness (QED) is 0.651. The minimum Gasteiger partial charge on any atom is -0.376 e. The van der Waals surface area contributed by atoms with Gasteiger partial charge in [0.1, 0.15) is 0 Å². The molecule has 0 radical (unpaired) electrons. The van der Waals surface area contributed by atoms with Crippen LogP contribution in [0.2, 0.25) is 0 Å². The Kier molecular flexibility index (Phi) is 7.26. The van der Waals surface area contributed by atoms with Crippen LogP contribution in [0.1, 0.15) is 25.7 Å². The molecule has 2 saturated heterocycles. The summed E-state index contributed by atoms with van der Waals surface area (Å²) in [6.45, 7) is 2.50. The molecule has 1 unspecified atom stereocenters. The van der Waals surface area contributed by atoms with E-state index in [4.69, 9.17) is 4.74 Å². The summed E-state index contributed by atoms with van der Waals surface area (Å²) >= 11 is 0. The number of ether oxygens (including phenoxy) is 1. The Balaban J connectivity index is 1.43. The normalized spacial score (nSPS) is 20.6. The van der Waals surface area contributed by atoms with Crippen LogP contribution < -0.4 is 0 Å². The van der Waals surface area contributed by atoms with Gasteiger partial charge in [0.25, 0.3) is 0 Å². The summed E-state index contributed by atoms with van der Waals surface area (Å²) in [7, 11) is -1.80. The van der Waals surface area contributed by atoms with Gasteiger partial charge in [-0.15, -0.1) is 0 Å². The average molecular weight is 424 g/mol. The summed E-state index contributed by atoms with van der Waals surface area (Å²) in [5.74, 6) is -0.181. The van der Waals surface area contributed by atoms with Crippen LogP contribution in [0.5, 0.6) is 0 Å². The number of sulfonamides is 1. The lowest BCUT2D eigenvalue weighted by Crippen LogP contribution is -2.50. The summed E-state index contributed by atoms with van der Waals surface area (Å²) in [6, 6.07) is 8.31. The number of hydrogen-bond donors (Lipinski definition) is 0. The second-order valence-electron chi connectivity index (χ2n) is 7.51. The van der Waals surface area contributed by atoms with Gasteiger partial charge in [0.05, 0.1) is 11.0 Å². The number of nitrogens with zero attached hydrogens (tertiary/aromatic N) is 3. The van der Waals surface area contributed by atoms with Gasteiger partial charge < -0.3 is 14.5 Å². The van der Waals surface area contributed by atoms with Gasteiger partial charge in [0, 0.05) is 59.2 Å². The van der Waals surface area contributed by atoms with E-state index in [0.717, 1.165) is 19.4 Å². The first-order valence-corrected chi connectivity index (χ1v) is 11.5. The van der Waals surface area contributed by atoms with Crippen molar-refractivity contribution in [2.45, 2.75) is 36.7 Å². The van der Waals surface area contributed by atoms with Gasteiger partial charge >= 0.3 is 0 Å². The molecule has 160 valence electrons. The SMILES string of the molecule is CN(CC1CCCO1)C(=O)CCC(=O)N1CCN(S(=O)(=O)c2ccccc2)CC1. The van der Waals surface area contributed by atoms with E-state index in [1.807, 2.05) is 0 Å². The molecule has 2 amide bonds. The Morgan fingerprint density at radius 3 is 2.41 bits per heavy atom. The molecule has 0 aromatic heterocycles. The number of hydrogen-bond acceptors (Lipinski definition) is 5. The van der Waals surface area contributed by atoms with E-state index in [1.54, 1.807) is 47.2 Å². The molecule has 0 N–H and O–H groups in total. The minimum absolute atomic E-state index is 0.0702. The van der Waals surface area contributed by atoms with Crippen LogP contribution in [0.15, 0.2) is 35.2 Å². The number of carbonyl (C=O) groups excluding carboxylic acids is 2. The lowest BCUT2D eigenvalue weighted by atomic mass is 10.2. The molecule has 0 saturated carbocycles. The number of carbonyl (C=O) groups is 2. The molecule has 9 heteroatoms. The van der Waals surface area contributed by atoms with Gasteiger partial charge in [-0.3, -0.25) is 9.59 Å². The maximum Gasteiger partial charge on any atom is 0.243 e. The van der Waals surface area contributed by atoms with E-state index in [2.05, 4.69) is 0 Å². The maximum atomic E-state index is 12.7. The molecule has 0 bridgehead atoms. The third-order valence-electron chi connectivity index (χ3n) is 5.45. The Labute approximate surface area is 172 Å². The first-order valence-electron chi connectivity index (χ1n) is 10.1. The number of piperazine rings is 1. The van der Waals surface area contributed by atoms with Crippen molar-refractivity contribution in [3.8, 4) is 0 Å². The second kappa shape index (κ2) is 9.69. The highest BCUT2D eigenvalue weighted by Crippen LogP contribution is 2.18. The largest absolute Gasteiger partial charge is 0.376 e. The van der Waals surface area contributed by atoms with E-state index in [1.165, 1.54) is 4.31 Å². The molecule has 2 aliphatic heterocycles. The van der Waals surface area contributed by atoms with E-state index in [-0.39, 0.29) is 48.7 Å². The van der Waals surface area contributed by atoms with Crippen molar-refractivity contribution in [2.75, 3.05) is 46.4 Å². The zero-order chi connectivity index (χ0) is 20.9. The molecule has 2 aliphatic rings. The summed E-state index contributed by atoms with van der Waals surface area (Å²) < 4.78 is 32.3.